The molecule has 1 amide bonds. The molecule has 0 spiro atoms. The molecule has 2 atom stereocenters. The van der Waals surface area contributed by atoms with Crippen LogP contribution in [0.15, 0.2) is 6.20 Å². The predicted octanol–water partition coefficient (Wildman–Crippen LogP) is 1.25. The minimum absolute atomic E-state index is 0.139. The average Bonchev–Trinajstić information content (AvgIpc) is 2.99. The van der Waals surface area contributed by atoms with Crippen LogP contribution in [-0.2, 0) is 18.4 Å². The van der Waals surface area contributed by atoms with Crippen molar-refractivity contribution in [1.82, 2.24) is 9.78 Å². The van der Waals surface area contributed by atoms with Crippen LogP contribution < -0.4 is 11.1 Å². The Bertz CT molecular complexity index is 456. The Morgan fingerprint density at radius 2 is 2.17 bits per heavy atom. The lowest BCUT2D eigenvalue weighted by molar-refractivity contribution is -0.117. The van der Waals surface area contributed by atoms with E-state index in [1.165, 1.54) is 25.7 Å². The predicted molar refractivity (Wildman–Crippen MR) is 68.7 cm³/mol. The summed E-state index contributed by atoms with van der Waals surface area (Å²) >= 11 is 0. The highest BCUT2D eigenvalue weighted by atomic mass is 16.2. The topological polar surface area (TPSA) is 72.9 Å². The van der Waals surface area contributed by atoms with Gasteiger partial charge in [-0.2, -0.15) is 5.10 Å². The molecule has 5 nitrogen and oxygen atoms in total. The number of aromatic nitrogens is 2. The van der Waals surface area contributed by atoms with Gasteiger partial charge in [0.25, 0.3) is 0 Å². The molecule has 1 aromatic rings. The summed E-state index contributed by atoms with van der Waals surface area (Å²) in [7, 11) is 1.84. The number of nitrogens with one attached hydrogen (secondary N) is 1. The van der Waals surface area contributed by atoms with Gasteiger partial charge in [0, 0.05) is 31.3 Å². The SMILES string of the molecule is Cn1cc(CN)c(NC(=O)C2C3CCCCC32)n1. The molecule has 0 saturated heterocycles. The van der Waals surface area contributed by atoms with E-state index in [-0.39, 0.29) is 11.8 Å². The Morgan fingerprint density at radius 3 is 2.78 bits per heavy atom. The number of carbonyl (C=O) groups excluding carboxylic acids is 1. The van der Waals surface area contributed by atoms with E-state index in [9.17, 15) is 4.79 Å². The Morgan fingerprint density at radius 1 is 1.50 bits per heavy atom. The van der Waals surface area contributed by atoms with E-state index in [1.54, 1.807) is 4.68 Å². The number of carbonyl (C=O) groups is 1. The number of hydrogen-bond donors (Lipinski definition) is 2. The van der Waals surface area contributed by atoms with Gasteiger partial charge in [-0.25, -0.2) is 0 Å². The summed E-state index contributed by atoms with van der Waals surface area (Å²) in [4.78, 5) is 12.2. The number of fused-ring (bicyclic) bond motifs is 1. The van der Waals surface area contributed by atoms with Gasteiger partial charge in [-0.3, -0.25) is 9.48 Å². The molecule has 0 bridgehead atoms. The molecule has 0 aliphatic heterocycles. The van der Waals surface area contributed by atoms with Crippen LogP contribution in [-0.4, -0.2) is 15.7 Å². The van der Waals surface area contributed by atoms with E-state index in [0.29, 0.717) is 24.2 Å². The van der Waals surface area contributed by atoms with E-state index < -0.39 is 0 Å². The summed E-state index contributed by atoms with van der Waals surface area (Å²) in [6.45, 7) is 0.404. The number of rotatable bonds is 3. The molecule has 2 unspecified atom stereocenters. The second-order valence-electron chi connectivity index (χ2n) is 5.51. The van der Waals surface area contributed by atoms with Crippen LogP contribution in [0.3, 0.4) is 0 Å². The highest BCUT2D eigenvalue weighted by molar-refractivity contribution is 5.94. The quantitative estimate of drug-likeness (QED) is 0.845. The Kier molecular flexibility index (Phi) is 2.86. The van der Waals surface area contributed by atoms with E-state index in [2.05, 4.69) is 10.4 Å². The van der Waals surface area contributed by atoms with Crippen LogP contribution in [0.2, 0.25) is 0 Å². The molecule has 2 saturated carbocycles. The fourth-order valence-corrected chi connectivity index (χ4v) is 3.37. The van der Waals surface area contributed by atoms with Crippen molar-refractivity contribution in [3.63, 3.8) is 0 Å². The molecule has 1 heterocycles. The zero-order valence-electron chi connectivity index (χ0n) is 10.7. The van der Waals surface area contributed by atoms with Crippen LogP contribution in [0.1, 0.15) is 31.2 Å². The van der Waals surface area contributed by atoms with Crippen molar-refractivity contribution in [2.45, 2.75) is 32.2 Å². The molecule has 2 aliphatic carbocycles. The number of anilines is 1. The van der Waals surface area contributed by atoms with Crippen molar-refractivity contribution < 1.29 is 4.79 Å². The molecule has 98 valence electrons. The first-order valence-electron chi connectivity index (χ1n) is 6.74. The minimum atomic E-state index is 0.139. The smallest absolute Gasteiger partial charge is 0.229 e. The van der Waals surface area contributed by atoms with Crippen molar-refractivity contribution >= 4 is 11.7 Å². The monoisotopic (exact) mass is 248 g/mol. The van der Waals surface area contributed by atoms with E-state index in [4.69, 9.17) is 5.73 Å². The number of hydrogen-bond acceptors (Lipinski definition) is 3. The highest BCUT2D eigenvalue weighted by Crippen LogP contribution is 2.55. The zero-order valence-corrected chi connectivity index (χ0v) is 10.7. The number of aryl methyl sites for hydroxylation is 1. The van der Waals surface area contributed by atoms with E-state index in [1.807, 2.05) is 13.2 Å². The Balaban J connectivity index is 1.67. The lowest BCUT2D eigenvalue weighted by Crippen LogP contribution is -2.17. The average molecular weight is 248 g/mol. The van der Waals surface area contributed by atoms with Crippen molar-refractivity contribution in [2.24, 2.45) is 30.5 Å². The fraction of sp³-hybridized carbons (Fsp3) is 0.692. The Hall–Kier alpha value is -1.36. The second kappa shape index (κ2) is 4.39. The standard InChI is InChI=1S/C13H20N4O/c1-17-7-8(6-14)12(16-17)15-13(18)11-9-4-2-3-5-10(9)11/h7,9-11H,2-6,14H2,1H3,(H,15,16,18). The van der Waals surface area contributed by atoms with Crippen LogP contribution in [0, 0.1) is 17.8 Å². The van der Waals surface area contributed by atoms with Gasteiger partial charge in [0.15, 0.2) is 5.82 Å². The maximum atomic E-state index is 12.2. The first-order chi connectivity index (χ1) is 8.70. The third-order valence-corrected chi connectivity index (χ3v) is 4.33. The summed E-state index contributed by atoms with van der Waals surface area (Å²) < 4.78 is 1.69. The van der Waals surface area contributed by atoms with Gasteiger partial charge < -0.3 is 11.1 Å². The lowest BCUT2D eigenvalue weighted by atomic mass is 10.0. The molecule has 3 N–H and O–H groups in total. The molecular weight excluding hydrogens is 228 g/mol. The van der Waals surface area contributed by atoms with Gasteiger partial charge in [-0.1, -0.05) is 12.8 Å². The molecule has 0 aromatic carbocycles. The molecule has 3 rings (SSSR count). The minimum Gasteiger partial charge on any atom is -0.326 e. The van der Waals surface area contributed by atoms with E-state index >= 15 is 0 Å². The zero-order chi connectivity index (χ0) is 12.7. The summed E-state index contributed by atoms with van der Waals surface area (Å²) in [5.74, 6) is 2.25. The summed E-state index contributed by atoms with van der Waals surface area (Å²) in [6, 6.07) is 0. The maximum absolute atomic E-state index is 12.2. The first-order valence-corrected chi connectivity index (χ1v) is 6.74. The van der Waals surface area contributed by atoms with Crippen LogP contribution in [0.4, 0.5) is 5.82 Å². The number of amides is 1. The van der Waals surface area contributed by atoms with Crippen molar-refractivity contribution in [3.8, 4) is 0 Å². The summed E-state index contributed by atoms with van der Waals surface area (Å²) in [5.41, 5.74) is 6.54. The van der Waals surface area contributed by atoms with Gasteiger partial charge >= 0.3 is 0 Å². The van der Waals surface area contributed by atoms with Gasteiger partial charge in [-0.05, 0) is 24.7 Å². The van der Waals surface area contributed by atoms with Crippen LogP contribution >= 0.6 is 0 Å². The maximum Gasteiger partial charge on any atom is 0.229 e. The number of nitrogens with zero attached hydrogens (tertiary/aromatic N) is 2. The first kappa shape index (κ1) is 11.7. The highest BCUT2D eigenvalue weighted by Gasteiger charge is 2.54. The van der Waals surface area contributed by atoms with Crippen molar-refractivity contribution in [1.29, 1.82) is 0 Å². The van der Waals surface area contributed by atoms with Gasteiger partial charge in [0.1, 0.15) is 0 Å². The largest absolute Gasteiger partial charge is 0.326 e. The summed E-state index contributed by atoms with van der Waals surface area (Å²) in [5, 5.41) is 7.20. The third kappa shape index (κ3) is 1.92. The molecule has 18 heavy (non-hydrogen) atoms. The third-order valence-electron chi connectivity index (χ3n) is 4.33. The molecule has 0 radical (unpaired) electrons. The fourth-order valence-electron chi connectivity index (χ4n) is 3.37. The second-order valence-corrected chi connectivity index (χ2v) is 5.51. The van der Waals surface area contributed by atoms with E-state index in [0.717, 1.165) is 5.56 Å². The van der Waals surface area contributed by atoms with Crippen molar-refractivity contribution in [2.75, 3.05) is 5.32 Å². The van der Waals surface area contributed by atoms with Gasteiger partial charge in [-0.15, -0.1) is 0 Å². The van der Waals surface area contributed by atoms with Crippen LogP contribution in [0.5, 0.6) is 0 Å². The molecule has 2 aliphatic rings. The van der Waals surface area contributed by atoms with Crippen molar-refractivity contribution in [3.05, 3.63) is 11.8 Å². The molecule has 1 aromatic heterocycles. The van der Waals surface area contributed by atoms with Gasteiger partial charge in [0.2, 0.25) is 5.91 Å². The lowest BCUT2D eigenvalue weighted by Gasteiger charge is -2.04. The number of nitrogens with two attached hydrogens (primary N) is 1. The molecule has 5 heteroatoms. The van der Waals surface area contributed by atoms with Gasteiger partial charge in [0.05, 0.1) is 0 Å². The molecular formula is C13H20N4O. The van der Waals surface area contributed by atoms with Crippen LogP contribution in [0.25, 0.3) is 0 Å². The summed E-state index contributed by atoms with van der Waals surface area (Å²) in [6.07, 6.45) is 6.85. The normalized spacial score (nSPS) is 29.8. The molecule has 2 fully saturated rings. The Labute approximate surface area is 107 Å².